The minimum Gasteiger partial charge on any atom is -0.397 e. The van der Waals surface area contributed by atoms with Crippen LogP contribution in [0.5, 0.6) is 0 Å². The van der Waals surface area contributed by atoms with Gasteiger partial charge in [0.1, 0.15) is 0 Å². The Balaban J connectivity index is 2.97. The molecule has 9 nitrogen and oxygen atoms in total. The number of hydrogen-bond acceptors (Lipinski definition) is 7. The average Bonchev–Trinajstić information content (AvgIpc) is 2.57. The van der Waals surface area contributed by atoms with Gasteiger partial charge in [0, 0.05) is 0 Å². The van der Waals surface area contributed by atoms with Crippen LogP contribution >= 0.6 is 0 Å². The molecule has 0 heterocycles. The highest BCUT2D eigenvalue weighted by Crippen LogP contribution is 2.18. The van der Waals surface area contributed by atoms with Crippen molar-refractivity contribution in [1.29, 1.82) is 0 Å². The van der Waals surface area contributed by atoms with E-state index in [1.165, 1.54) is 18.2 Å². The van der Waals surface area contributed by atoms with E-state index in [1.54, 1.807) is 0 Å². The summed E-state index contributed by atoms with van der Waals surface area (Å²) in [5.41, 5.74) is 5.76. The first-order valence-corrected chi connectivity index (χ1v) is 6.92. The molecule has 0 fully saturated rings. The van der Waals surface area contributed by atoms with Crippen molar-refractivity contribution in [3.8, 4) is 0 Å². The van der Waals surface area contributed by atoms with Crippen molar-refractivity contribution in [1.82, 2.24) is 10.6 Å². The average molecular weight is 327 g/mol. The van der Waals surface area contributed by atoms with Crippen molar-refractivity contribution >= 4 is 17.5 Å². The van der Waals surface area contributed by atoms with E-state index < -0.39 is 50.3 Å². The maximum Gasteiger partial charge on any atom is 0.253 e. The molecule has 8 N–H and O–H groups in total. The Hall–Kier alpha value is -2.20. The highest BCUT2D eigenvalue weighted by atomic mass is 16.3. The predicted molar refractivity (Wildman–Crippen MR) is 81.7 cm³/mol. The number of benzene rings is 1. The van der Waals surface area contributed by atoms with Gasteiger partial charge in [0.25, 0.3) is 11.8 Å². The molecule has 1 aromatic carbocycles. The smallest absolute Gasteiger partial charge is 0.253 e. The Bertz CT molecular complexity index is 499. The molecule has 0 atom stereocenters. The van der Waals surface area contributed by atoms with E-state index in [0.717, 1.165) is 0 Å². The van der Waals surface area contributed by atoms with Crippen molar-refractivity contribution in [2.45, 2.75) is 12.1 Å². The van der Waals surface area contributed by atoms with E-state index in [2.05, 4.69) is 10.6 Å². The van der Waals surface area contributed by atoms with Crippen molar-refractivity contribution in [3.05, 3.63) is 29.3 Å². The van der Waals surface area contributed by atoms with Gasteiger partial charge in [0.15, 0.2) is 0 Å². The third-order valence-corrected chi connectivity index (χ3v) is 3.15. The van der Waals surface area contributed by atoms with Crippen LogP contribution in [0.4, 0.5) is 5.69 Å². The second kappa shape index (κ2) is 9.06. The van der Waals surface area contributed by atoms with Gasteiger partial charge in [-0.15, -0.1) is 0 Å². The number of amides is 2. The van der Waals surface area contributed by atoms with Crippen LogP contribution in [0.25, 0.3) is 0 Å². The van der Waals surface area contributed by atoms with Gasteiger partial charge in [0.05, 0.1) is 55.3 Å². The van der Waals surface area contributed by atoms with Crippen LogP contribution in [0.1, 0.15) is 20.7 Å². The fraction of sp³-hybridized carbons (Fsp3) is 0.429. The summed E-state index contributed by atoms with van der Waals surface area (Å²) >= 11 is 0. The molecule has 0 unspecified atom stereocenters. The van der Waals surface area contributed by atoms with Gasteiger partial charge >= 0.3 is 0 Å². The van der Waals surface area contributed by atoms with E-state index in [4.69, 9.17) is 26.2 Å². The fourth-order valence-electron chi connectivity index (χ4n) is 1.79. The second-order valence-electron chi connectivity index (χ2n) is 4.84. The molecule has 0 bridgehead atoms. The predicted octanol–water partition coefficient (Wildman–Crippen LogP) is -2.57. The zero-order chi connectivity index (χ0) is 17.4. The maximum atomic E-state index is 12.1. The number of para-hydroxylation sites is 1. The summed E-state index contributed by atoms with van der Waals surface area (Å²) in [6.45, 7) is -1.79. The number of carbonyl (C=O) groups is 2. The zero-order valence-corrected chi connectivity index (χ0v) is 12.4. The summed E-state index contributed by atoms with van der Waals surface area (Å²) in [5.74, 6) is -1.29. The molecular formula is C14H21N3O6. The number of aliphatic hydroxyl groups excluding tert-OH is 4. The quantitative estimate of drug-likeness (QED) is 0.258. The molecule has 0 aliphatic carbocycles. The highest BCUT2D eigenvalue weighted by molar-refractivity contribution is 6.07. The molecule has 0 spiro atoms. The molecule has 0 aliphatic rings. The Morgan fingerprint density at radius 1 is 0.870 bits per heavy atom. The van der Waals surface area contributed by atoms with Gasteiger partial charge in [-0.2, -0.15) is 0 Å². The molecule has 0 aliphatic heterocycles. The lowest BCUT2D eigenvalue weighted by molar-refractivity contribution is 0.0879. The fourth-order valence-corrected chi connectivity index (χ4v) is 1.79. The molecule has 0 aromatic heterocycles. The lowest BCUT2D eigenvalue weighted by atomic mass is 10.1. The molecular weight excluding hydrogens is 306 g/mol. The van der Waals surface area contributed by atoms with Crippen LogP contribution in [0.15, 0.2) is 18.2 Å². The van der Waals surface area contributed by atoms with Crippen LogP contribution in [-0.4, -0.2) is 70.8 Å². The summed E-state index contributed by atoms with van der Waals surface area (Å²) in [6.07, 6.45) is 0. The number of hydrogen-bond donors (Lipinski definition) is 7. The van der Waals surface area contributed by atoms with Crippen LogP contribution in [0, 0.1) is 0 Å². The van der Waals surface area contributed by atoms with Gasteiger partial charge < -0.3 is 36.8 Å². The molecule has 1 aromatic rings. The van der Waals surface area contributed by atoms with Crippen molar-refractivity contribution in [2.24, 2.45) is 0 Å². The van der Waals surface area contributed by atoms with E-state index >= 15 is 0 Å². The first kappa shape index (κ1) is 18.8. The Morgan fingerprint density at radius 2 is 1.22 bits per heavy atom. The standard InChI is InChI=1S/C14H21N3O6/c15-12-10(13(22)16-8(4-18)5-19)2-1-3-11(12)14(23)17-9(6-20)7-21/h1-3,8-9,18-21H,4-7,15H2,(H,16,22)(H,17,23). The number of carbonyl (C=O) groups excluding carboxylic acids is 2. The minimum atomic E-state index is -0.840. The third kappa shape index (κ3) is 4.89. The molecule has 1 rings (SSSR count). The first-order valence-electron chi connectivity index (χ1n) is 6.92. The van der Waals surface area contributed by atoms with E-state index in [1.807, 2.05) is 0 Å². The van der Waals surface area contributed by atoms with Crippen molar-refractivity contribution in [3.63, 3.8) is 0 Å². The number of aliphatic hydroxyl groups is 4. The van der Waals surface area contributed by atoms with Crippen molar-refractivity contribution in [2.75, 3.05) is 32.2 Å². The minimum absolute atomic E-state index is 0.00842. The van der Waals surface area contributed by atoms with Gasteiger partial charge in [-0.1, -0.05) is 6.07 Å². The zero-order valence-electron chi connectivity index (χ0n) is 12.4. The first-order chi connectivity index (χ1) is 11.0. The highest BCUT2D eigenvalue weighted by Gasteiger charge is 2.20. The molecule has 0 saturated carbocycles. The van der Waals surface area contributed by atoms with Crippen molar-refractivity contribution < 1.29 is 30.0 Å². The topological polar surface area (TPSA) is 165 Å². The Labute approximate surface area is 132 Å². The van der Waals surface area contributed by atoms with Crippen LogP contribution in [-0.2, 0) is 0 Å². The van der Waals surface area contributed by atoms with Crippen LogP contribution in [0.3, 0.4) is 0 Å². The van der Waals surface area contributed by atoms with E-state index in [-0.39, 0.29) is 16.8 Å². The van der Waals surface area contributed by atoms with Crippen LogP contribution in [0.2, 0.25) is 0 Å². The van der Waals surface area contributed by atoms with Gasteiger partial charge in [-0.3, -0.25) is 9.59 Å². The van der Waals surface area contributed by atoms with E-state index in [9.17, 15) is 9.59 Å². The largest absolute Gasteiger partial charge is 0.397 e. The number of nitrogen functional groups attached to an aromatic ring is 1. The molecule has 2 amide bonds. The number of rotatable bonds is 8. The normalized spacial score (nSPS) is 10.9. The lowest BCUT2D eigenvalue weighted by Gasteiger charge is -2.17. The number of nitrogens with one attached hydrogen (secondary N) is 2. The summed E-state index contributed by atoms with van der Waals surface area (Å²) in [5, 5.41) is 40.6. The maximum absolute atomic E-state index is 12.1. The summed E-state index contributed by atoms with van der Waals surface area (Å²) in [7, 11) is 0. The van der Waals surface area contributed by atoms with Crippen LogP contribution < -0.4 is 16.4 Å². The monoisotopic (exact) mass is 327 g/mol. The van der Waals surface area contributed by atoms with Gasteiger partial charge in [-0.05, 0) is 12.1 Å². The molecule has 0 radical (unpaired) electrons. The third-order valence-electron chi connectivity index (χ3n) is 3.15. The van der Waals surface area contributed by atoms with Gasteiger partial charge in [0.2, 0.25) is 0 Å². The van der Waals surface area contributed by atoms with Gasteiger partial charge in [-0.25, -0.2) is 0 Å². The molecule has 0 saturated heterocycles. The second-order valence-corrected chi connectivity index (χ2v) is 4.84. The molecule has 23 heavy (non-hydrogen) atoms. The summed E-state index contributed by atoms with van der Waals surface area (Å²) in [6, 6.07) is 2.55. The summed E-state index contributed by atoms with van der Waals surface area (Å²) in [4.78, 5) is 24.2. The summed E-state index contributed by atoms with van der Waals surface area (Å²) < 4.78 is 0. The molecule has 128 valence electrons. The SMILES string of the molecule is Nc1c(C(=O)NC(CO)CO)cccc1C(=O)NC(CO)CO. The Morgan fingerprint density at radius 3 is 1.52 bits per heavy atom. The number of anilines is 1. The lowest BCUT2D eigenvalue weighted by Crippen LogP contribution is -2.41. The number of nitrogens with two attached hydrogens (primary N) is 1. The Kier molecular flexibility index (Phi) is 7.42. The molecule has 9 heteroatoms. The van der Waals surface area contributed by atoms with E-state index in [0.29, 0.717) is 0 Å².